The molecular weight excluding hydrogens is 648 g/mol. The minimum absolute atomic E-state index is 0.279. The van der Waals surface area contributed by atoms with Gasteiger partial charge < -0.3 is 0 Å². The minimum atomic E-state index is -1.32. The van der Waals surface area contributed by atoms with Gasteiger partial charge in [-0.15, -0.1) is 91.8 Å². The van der Waals surface area contributed by atoms with Gasteiger partial charge in [-0.3, -0.25) is 0 Å². The Labute approximate surface area is 128 Å². The molecule has 1 aliphatic heterocycles. The van der Waals surface area contributed by atoms with Crippen molar-refractivity contribution >= 4 is 130 Å². The van der Waals surface area contributed by atoms with Crippen molar-refractivity contribution in [1.29, 1.82) is 0 Å². The van der Waals surface area contributed by atoms with E-state index in [0.717, 1.165) is 0 Å². The quantitative estimate of drug-likeness (QED) is 0.273. The first-order valence-corrected chi connectivity index (χ1v) is 37.5. The molecule has 12 heavy (non-hydrogen) atoms. The lowest BCUT2D eigenvalue weighted by atomic mass is 26.1. The van der Waals surface area contributed by atoms with Crippen molar-refractivity contribution in [2.75, 3.05) is 0 Å². The molecular formula is H6Br6Si6. The van der Waals surface area contributed by atoms with Gasteiger partial charge >= 0.3 is 0 Å². The molecule has 0 spiro atoms. The maximum atomic E-state index is 4.02. The van der Waals surface area contributed by atoms with Gasteiger partial charge in [0, 0.05) is 17.1 Å². The third-order valence-electron chi connectivity index (χ3n) is 1.90. The van der Waals surface area contributed by atoms with Gasteiger partial charge in [0.2, 0.25) is 4.35 Å². The molecule has 1 heterocycles. The van der Waals surface area contributed by atoms with Gasteiger partial charge in [0.05, 0.1) is 0 Å². The van der Waals surface area contributed by atoms with Crippen molar-refractivity contribution in [3.63, 3.8) is 0 Å². The first kappa shape index (κ1) is 14.2. The van der Waals surface area contributed by atoms with E-state index in [4.69, 9.17) is 0 Å². The molecule has 0 saturated carbocycles. The highest BCUT2D eigenvalue weighted by molar-refractivity contribution is 9.76. The van der Waals surface area contributed by atoms with Crippen LogP contribution in [-0.2, 0) is 0 Å². The van der Waals surface area contributed by atoms with Crippen LogP contribution >= 0.6 is 91.8 Å². The lowest BCUT2D eigenvalue weighted by Crippen LogP contribution is -2.73. The van der Waals surface area contributed by atoms with Crippen LogP contribution in [0, 0.1) is 0 Å². The molecule has 0 N–H and O–H groups in total. The van der Waals surface area contributed by atoms with E-state index in [9.17, 15) is 0 Å². The summed E-state index contributed by atoms with van der Waals surface area (Å²) < 4.78 is -3.62. The van der Waals surface area contributed by atoms with Crippen LogP contribution in [0.25, 0.3) is 0 Å². The van der Waals surface area contributed by atoms with Gasteiger partial charge in [0.1, 0.15) is 0 Å². The fraction of sp³-hybridized carbons (Fsp3) is 0. The topological polar surface area (TPSA) is 0 Å². The maximum absolute atomic E-state index is 4.02. The van der Waals surface area contributed by atoms with Gasteiger partial charge in [0.25, 0.3) is 0 Å². The lowest BCUT2D eigenvalue weighted by molar-refractivity contribution is 3.54. The summed E-state index contributed by atoms with van der Waals surface area (Å²) in [6.45, 7) is 0. The summed E-state index contributed by atoms with van der Waals surface area (Å²) in [5, 5.41) is 0. The average Bonchev–Trinajstić information content (AvgIpc) is 1.83. The van der Waals surface area contributed by atoms with Crippen molar-refractivity contribution in [3.8, 4) is 0 Å². The summed E-state index contributed by atoms with van der Waals surface area (Å²) >= 11 is 24.1. The van der Waals surface area contributed by atoms with Crippen LogP contribution in [0.1, 0.15) is 0 Å². The van der Waals surface area contributed by atoms with E-state index in [1.807, 2.05) is 0 Å². The van der Waals surface area contributed by atoms with E-state index in [-0.39, 0.29) is 17.1 Å². The lowest BCUT2D eigenvalue weighted by Gasteiger charge is -2.42. The van der Waals surface area contributed by atoms with E-state index in [1.165, 1.54) is 0 Å². The zero-order valence-corrected chi connectivity index (χ0v) is 22.6. The Kier molecular flexibility index (Phi) is 5.71. The molecule has 0 unspecified atom stereocenters. The highest BCUT2D eigenvalue weighted by Gasteiger charge is 2.65. The number of hydrogen-bond acceptors (Lipinski definition) is 0. The highest BCUT2D eigenvalue weighted by atomic mass is 79.9. The summed E-state index contributed by atoms with van der Waals surface area (Å²) in [6, 6.07) is 0. The summed E-state index contributed by atoms with van der Waals surface area (Å²) in [6.07, 6.45) is 0. The molecule has 0 atom stereocenters. The van der Waals surface area contributed by atoms with Crippen molar-refractivity contribution < 1.29 is 0 Å². The van der Waals surface area contributed by atoms with Crippen LogP contribution in [0.2, 0.25) is 0 Å². The second kappa shape index (κ2) is 4.81. The predicted octanol–water partition coefficient (Wildman–Crippen LogP) is 1.18. The molecule has 0 nitrogen and oxygen atoms in total. The number of hydrogen-bond donors (Lipinski definition) is 0. The van der Waals surface area contributed by atoms with Crippen molar-refractivity contribution in [2.24, 2.45) is 0 Å². The first-order valence-electron chi connectivity index (χ1n) is 3.34. The van der Waals surface area contributed by atoms with Crippen LogP contribution < -0.4 is 0 Å². The van der Waals surface area contributed by atoms with E-state index < -0.39 is 13.0 Å². The van der Waals surface area contributed by atoms with Crippen molar-refractivity contribution in [2.45, 2.75) is 0 Å². The molecule has 1 rings (SSSR count). The summed E-state index contributed by atoms with van der Waals surface area (Å²) in [5.74, 6) is 0. The zero-order chi connectivity index (χ0) is 9.62. The van der Waals surface area contributed by atoms with Crippen molar-refractivity contribution in [3.05, 3.63) is 0 Å². The predicted molar refractivity (Wildman–Crippen MR) is 96.5 cm³/mol. The largest absolute Gasteiger partial charge is 0.223 e. The zero-order valence-electron chi connectivity index (χ0n) is 5.89. The maximum Gasteiger partial charge on any atom is 0.223 e. The van der Waals surface area contributed by atoms with Gasteiger partial charge in [-0.2, -0.15) is 0 Å². The molecule has 0 aromatic rings. The Bertz CT molecular complexity index is 166. The Morgan fingerprint density at radius 2 is 1.00 bits per heavy atom. The average molecular weight is 654 g/mol. The Hall–Kier alpha value is 4.18. The van der Waals surface area contributed by atoms with E-state index in [2.05, 4.69) is 91.8 Å². The third-order valence-corrected chi connectivity index (χ3v) is 250. The fourth-order valence-corrected chi connectivity index (χ4v) is 410. The molecule has 1 saturated heterocycles. The summed E-state index contributed by atoms with van der Waals surface area (Å²) in [7, 11) is 0.978. The molecule has 0 bridgehead atoms. The molecule has 0 aliphatic carbocycles. The standard InChI is InChI=1S/Br6H6Si6/c1-10(2)8-7-9-11(3,4)12(10,5)6/h7-9H2. The minimum Gasteiger partial charge on any atom is -0.117 e. The Morgan fingerprint density at radius 3 is 1.25 bits per heavy atom. The van der Waals surface area contributed by atoms with Crippen LogP contribution in [0.5, 0.6) is 0 Å². The Morgan fingerprint density at radius 1 is 0.667 bits per heavy atom. The highest BCUT2D eigenvalue weighted by Crippen LogP contribution is 2.50. The smallest absolute Gasteiger partial charge is 0.117 e. The van der Waals surface area contributed by atoms with E-state index in [0.29, 0.717) is 8.55 Å². The number of rotatable bonds is 0. The molecule has 72 valence electrons. The molecule has 12 heteroatoms. The monoisotopic (exact) mass is 647 g/mol. The molecule has 0 aromatic heterocycles. The molecule has 1 fully saturated rings. The van der Waals surface area contributed by atoms with Crippen LogP contribution in [0.15, 0.2) is 0 Å². The van der Waals surface area contributed by atoms with E-state index >= 15 is 0 Å². The van der Waals surface area contributed by atoms with Crippen molar-refractivity contribution in [1.82, 2.24) is 0 Å². The molecule has 0 aromatic carbocycles. The Balaban J connectivity index is 2.99. The van der Waals surface area contributed by atoms with Crippen LogP contribution in [-0.4, -0.2) is 38.7 Å². The number of halogens is 6. The molecule has 1 aliphatic rings. The molecule has 0 radical (unpaired) electrons. The van der Waals surface area contributed by atoms with Gasteiger partial charge in [-0.1, -0.05) is 0 Å². The van der Waals surface area contributed by atoms with E-state index in [1.54, 1.807) is 0 Å². The molecule has 0 amide bonds. The third kappa shape index (κ3) is 2.70. The normalized spacial score (nSPS) is 37.5. The second-order valence-electron chi connectivity index (χ2n) is 2.84. The first-order chi connectivity index (χ1) is 5.21. The van der Waals surface area contributed by atoms with Gasteiger partial charge in [0.15, 0.2) is 8.70 Å². The van der Waals surface area contributed by atoms with Gasteiger partial charge in [-0.25, -0.2) is 0 Å². The SMILES string of the molecule is Br[Si]1(Br)[SiH2][SiH2][SiH2][Si](Br)(Br)[Si]1(Br)Br. The second-order valence-corrected chi connectivity index (χ2v) is 114. The van der Waals surface area contributed by atoms with Gasteiger partial charge in [-0.05, 0) is 8.55 Å². The summed E-state index contributed by atoms with van der Waals surface area (Å²) in [4.78, 5) is 0. The van der Waals surface area contributed by atoms with Crippen LogP contribution in [0.4, 0.5) is 0 Å². The summed E-state index contributed by atoms with van der Waals surface area (Å²) in [5.41, 5.74) is 0. The fourth-order valence-electron chi connectivity index (χ4n) is 1.11. The van der Waals surface area contributed by atoms with Crippen LogP contribution in [0.3, 0.4) is 0 Å².